The fourth-order valence-corrected chi connectivity index (χ4v) is 8.32. The summed E-state index contributed by atoms with van der Waals surface area (Å²) in [6, 6.07) is 73.7. The Morgan fingerprint density at radius 3 is 1.64 bits per heavy atom. The Hall–Kier alpha value is -7.49. The van der Waals surface area contributed by atoms with Crippen molar-refractivity contribution >= 4 is 43.7 Å². The lowest BCUT2D eigenvalue weighted by Gasteiger charge is -2.15. The molecule has 2 aromatic heterocycles. The number of hydrogen-bond acceptors (Lipinski definition) is 2. The monoisotopic (exact) mass is 714 g/mol. The molecule has 0 saturated carbocycles. The molecule has 0 N–H and O–H groups in total. The standard InChI is InChI=1S/C53H34N2O/c1-2-12-39-33-40(26-21-35(39)11-1)41-29-32-51-48(34-41)47-17-7-9-19-50(47)55(51)42-30-27-37(28-31-42)44-14-4-6-16-46(44)45-15-5-3-13-43(45)36-22-24-38(25-23-36)53-54-49-18-8-10-20-52(49)56-53/h1-34H. The zero-order valence-corrected chi connectivity index (χ0v) is 30.4. The first kappa shape index (κ1) is 32.0. The van der Waals surface area contributed by atoms with Crippen LogP contribution in [-0.2, 0) is 0 Å². The first-order valence-electron chi connectivity index (χ1n) is 19.0. The molecule has 0 fully saturated rings. The van der Waals surface area contributed by atoms with E-state index in [2.05, 4.69) is 187 Å². The third-order valence-electron chi connectivity index (χ3n) is 11.1. The highest BCUT2D eigenvalue weighted by Crippen LogP contribution is 2.40. The van der Waals surface area contributed by atoms with Gasteiger partial charge in [-0.2, -0.15) is 0 Å². The van der Waals surface area contributed by atoms with Gasteiger partial charge in [0.05, 0.1) is 11.0 Å². The topological polar surface area (TPSA) is 31.0 Å². The number of hydrogen-bond donors (Lipinski definition) is 0. The third kappa shape index (κ3) is 5.40. The van der Waals surface area contributed by atoms with Gasteiger partial charge in [-0.3, -0.25) is 0 Å². The maximum absolute atomic E-state index is 6.05. The van der Waals surface area contributed by atoms with Crippen LogP contribution in [0.1, 0.15) is 0 Å². The number of para-hydroxylation sites is 3. The Balaban J connectivity index is 0.950. The SMILES string of the molecule is c1ccc(-c2ccccc2-c2ccc(-n3c4ccccc4c4cc(-c5ccc6ccccc6c5)ccc43)cc2)c(-c2ccc(-c3nc4ccccc4o3)cc2)c1. The molecule has 2 heterocycles. The normalized spacial score (nSPS) is 11.6. The summed E-state index contributed by atoms with van der Waals surface area (Å²) >= 11 is 0. The zero-order chi connectivity index (χ0) is 37.0. The van der Waals surface area contributed by atoms with E-state index >= 15 is 0 Å². The molecule has 0 aliphatic heterocycles. The second-order valence-electron chi connectivity index (χ2n) is 14.3. The molecule has 0 radical (unpaired) electrons. The molecule has 3 heteroatoms. The second kappa shape index (κ2) is 13.1. The molecule has 0 aliphatic rings. The van der Waals surface area contributed by atoms with Crippen LogP contribution in [-0.4, -0.2) is 9.55 Å². The number of fused-ring (bicyclic) bond motifs is 5. The fourth-order valence-electron chi connectivity index (χ4n) is 8.32. The van der Waals surface area contributed by atoms with E-state index < -0.39 is 0 Å². The van der Waals surface area contributed by atoms with Crippen molar-refractivity contribution in [2.45, 2.75) is 0 Å². The van der Waals surface area contributed by atoms with Crippen LogP contribution in [0.25, 0.3) is 105 Å². The van der Waals surface area contributed by atoms with Gasteiger partial charge in [0, 0.05) is 22.0 Å². The molecule has 11 aromatic rings. The molecule has 0 spiro atoms. The van der Waals surface area contributed by atoms with Crippen LogP contribution in [0.3, 0.4) is 0 Å². The predicted octanol–water partition coefficient (Wildman–Crippen LogP) is 14.4. The van der Waals surface area contributed by atoms with Crippen LogP contribution in [0.15, 0.2) is 211 Å². The lowest BCUT2D eigenvalue weighted by Crippen LogP contribution is -1.94. The van der Waals surface area contributed by atoms with Crippen molar-refractivity contribution in [3.8, 4) is 61.6 Å². The van der Waals surface area contributed by atoms with Crippen molar-refractivity contribution < 1.29 is 4.42 Å². The second-order valence-corrected chi connectivity index (χ2v) is 14.3. The lowest BCUT2D eigenvalue weighted by atomic mass is 9.89. The summed E-state index contributed by atoms with van der Waals surface area (Å²) < 4.78 is 8.45. The Morgan fingerprint density at radius 1 is 0.357 bits per heavy atom. The highest BCUT2D eigenvalue weighted by Gasteiger charge is 2.16. The van der Waals surface area contributed by atoms with Gasteiger partial charge in [-0.15, -0.1) is 0 Å². The zero-order valence-electron chi connectivity index (χ0n) is 30.4. The third-order valence-corrected chi connectivity index (χ3v) is 11.1. The molecule has 0 bridgehead atoms. The van der Waals surface area contributed by atoms with E-state index in [0.29, 0.717) is 5.89 Å². The van der Waals surface area contributed by atoms with Crippen LogP contribution in [0, 0.1) is 0 Å². The summed E-state index contributed by atoms with van der Waals surface area (Å²) in [5.41, 5.74) is 15.6. The van der Waals surface area contributed by atoms with Crippen molar-refractivity contribution in [3.05, 3.63) is 206 Å². The fraction of sp³-hybridized carbons (Fsp3) is 0. The number of benzene rings is 9. The van der Waals surface area contributed by atoms with E-state index in [4.69, 9.17) is 9.40 Å². The Morgan fingerprint density at radius 2 is 0.893 bits per heavy atom. The highest BCUT2D eigenvalue weighted by molar-refractivity contribution is 6.10. The summed E-state index contributed by atoms with van der Waals surface area (Å²) in [7, 11) is 0. The molecule has 9 aromatic carbocycles. The van der Waals surface area contributed by atoms with Gasteiger partial charge in [0.15, 0.2) is 5.58 Å². The molecule has 3 nitrogen and oxygen atoms in total. The van der Waals surface area contributed by atoms with E-state index in [1.807, 2.05) is 24.3 Å². The van der Waals surface area contributed by atoms with Gasteiger partial charge in [-0.1, -0.05) is 146 Å². The van der Waals surface area contributed by atoms with Gasteiger partial charge in [-0.25, -0.2) is 4.98 Å². The Bertz CT molecular complexity index is 3210. The van der Waals surface area contributed by atoms with E-state index in [-0.39, 0.29) is 0 Å². The summed E-state index contributed by atoms with van der Waals surface area (Å²) in [5, 5.41) is 5.01. The number of aromatic nitrogens is 2. The average molecular weight is 715 g/mol. The minimum atomic E-state index is 0.631. The minimum absolute atomic E-state index is 0.631. The van der Waals surface area contributed by atoms with Crippen LogP contribution in [0.4, 0.5) is 0 Å². The Kier molecular flexibility index (Phi) is 7.49. The van der Waals surface area contributed by atoms with E-state index in [9.17, 15) is 0 Å². The van der Waals surface area contributed by atoms with Gasteiger partial charge in [0.2, 0.25) is 5.89 Å². The predicted molar refractivity (Wildman–Crippen MR) is 233 cm³/mol. The van der Waals surface area contributed by atoms with E-state index in [1.54, 1.807) is 0 Å². The molecule has 0 amide bonds. The summed E-state index contributed by atoms with van der Waals surface area (Å²) in [4.78, 5) is 4.70. The summed E-state index contributed by atoms with van der Waals surface area (Å²) in [5.74, 6) is 0.631. The molecule has 262 valence electrons. The van der Waals surface area contributed by atoms with Crippen molar-refractivity contribution in [2.75, 3.05) is 0 Å². The maximum Gasteiger partial charge on any atom is 0.227 e. The van der Waals surface area contributed by atoms with E-state index in [0.717, 1.165) is 27.9 Å². The van der Waals surface area contributed by atoms with Gasteiger partial charge < -0.3 is 8.98 Å². The first-order chi connectivity index (χ1) is 27.7. The maximum atomic E-state index is 6.05. The Labute approximate surface area is 324 Å². The van der Waals surface area contributed by atoms with Crippen LogP contribution < -0.4 is 0 Å². The minimum Gasteiger partial charge on any atom is -0.436 e. The van der Waals surface area contributed by atoms with Gasteiger partial charge in [-0.05, 0) is 116 Å². The summed E-state index contributed by atoms with van der Waals surface area (Å²) in [6.07, 6.45) is 0. The van der Waals surface area contributed by atoms with Crippen LogP contribution in [0.5, 0.6) is 0 Å². The number of oxazole rings is 1. The van der Waals surface area contributed by atoms with Crippen LogP contribution in [0.2, 0.25) is 0 Å². The smallest absolute Gasteiger partial charge is 0.227 e. The van der Waals surface area contributed by atoms with Gasteiger partial charge in [0.1, 0.15) is 5.52 Å². The quantitative estimate of drug-likeness (QED) is 0.172. The number of nitrogens with zero attached hydrogens (tertiary/aromatic N) is 2. The molecule has 0 atom stereocenters. The highest BCUT2D eigenvalue weighted by atomic mass is 16.3. The first-order valence-corrected chi connectivity index (χ1v) is 19.0. The van der Waals surface area contributed by atoms with Crippen molar-refractivity contribution in [3.63, 3.8) is 0 Å². The molecule has 0 aliphatic carbocycles. The van der Waals surface area contributed by atoms with Crippen LogP contribution >= 0.6 is 0 Å². The van der Waals surface area contributed by atoms with Crippen molar-refractivity contribution in [1.29, 1.82) is 0 Å². The van der Waals surface area contributed by atoms with Gasteiger partial charge in [0.25, 0.3) is 0 Å². The van der Waals surface area contributed by atoms with Crippen molar-refractivity contribution in [1.82, 2.24) is 9.55 Å². The average Bonchev–Trinajstić information content (AvgIpc) is 3.86. The molecule has 0 saturated heterocycles. The molecule has 11 rings (SSSR count). The van der Waals surface area contributed by atoms with Crippen molar-refractivity contribution in [2.24, 2.45) is 0 Å². The van der Waals surface area contributed by atoms with Gasteiger partial charge >= 0.3 is 0 Å². The van der Waals surface area contributed by atoms with E-state index in [1.165, 1.54) is 71.5 Å². The lowest BCUT2D eigenvalue weighted by molar-refractivity contribution is 0.620. The molecular weight excluding hydrogens is 681 g/mol. The molecular formula is C53H34N2O. The molecule has 0 unspecified atom stereocenters. The summed E-state index contributed by atoms with van der Waals surface area (Å²) in [6.45, 7) is 0. The number of rotatable bonds is 6. The largest absolute Gasteiger partial charge is 0.436 e. The molecule has 56 heavy (non-hydrogen) atoms.